The lowest BCUT2D eigenvalue weighted by Crippen LogP contribution is -2.29. The highest BCUT2D eigenvalue weighted by Gasteiger charge is 2.22. The maximum Gasteiger partial charge on any atom is 0.146 e. The van der Waals surface area contributed by atoms with Crippen LogP contribution < -0.4 is 5.73 Å². The van der Waals surface area contributed by atoms with Crippen LogP contribution in [0.4, 0.5) is 14.5 Å². The molecule has 4 heteroatoms. The van der Waals surface area contributed by atoms with Crippen LogP contribution in [-0.2, 0) is 0 Å². The van der Waals surface area contributed by atoms with Crippen molar-refractivity contribution in [3.05, 3.63) is 29.3 Å². The van der Waals surface area contributed by atoms with Gasteiger partial charge >= 0.3 is 0 Å². The molecule has 2 rings (SSSR count). The van der Waals surface area contributed by atoms with Crippen molar-refractivity contribution in [1.82, 2.24) is 4.90 Å². The molecule has 0 radical (unpaired) electrons. The van der Waals surface area contributed by atoms with Gasteiger partial charge in [0.25, 0.3) is 0 Å². The second kappa shape index (κ2) is 4.37. The topological polar surface area (TPSA) is 29.3 Å². The van der Waals surface area contributed by atoms with Gasteiger partial charge in [-0.15, -0.1) is 0 Å². The summed E-state index contributed by atoms with van der Waals surface area (Å²) in [6.07, 6.45) is 1.74. The van der Waals surface area contributed by atoms with E-state index in [0.29, 0.717) is 5.56 Å². The summed E-state index contributed by atoms with van der Waals surface area (Å²) in [5.74, 6) is -0.782. The van der Waals surface area contributed by atoms with Gasteiger partial charge in [-0.2, -0.15) is 0 Å². The molecule has 2 nitrogen and oxygen atoms in total. The van der Waals surface area contributed by atoms with Gasteiger partial charge in [0.2, 0.25) is 0 Å². The van der Waals surface area contributed by atoms with Gasteiger partial charge in [-0.05, 0) is 50.5 Å². The average molecular weight is 226 g/mol. The van der Waals surface area contributed by atoms with E-state index in [1.165, 1.54) is 6.07 Å². The largest absolute Gasteiger partial charge is 0.396 e. The molecule has 2 N–H and O–H groups in total. The molecule has 88 valence electrons. The van der Waals surface area contributed by atoms with E-state index in [1.807, 2.05) is 7.05 Å². The summed E-state index contributed by atoms with van der Waals surface area (Å²) in [5, 5.41) is 0. The number of anilines is 1. The minimum absolute atomic E-state index is 0.117. The van der Waals surface area contributed by atoms with Crippen molar-refractivity contribution in [1.29, 1.82) is 0 Å². The summed E-state index contributed by atoms with van der Waals surface area (Å²) in [5.41, 5.74) is 5.67. The highest BCUT2D eigenvalue weighted by atomic mass is 19.1. The molecule has 1 heterocycles. The van der Waals surface area contributed by atoms with Gasteiger partial charge in [0, 0.05) is 6.07 Å². The lowest BCUT2D eigenvalue weighted by Gasteiger charge is -2.29. The summed E-state index contributed by atoms with van der Waals surface area (Å²) in [6, 6.07) is 2.34. The number of halogens is 2. The zero-order chi connectivity index (χ0) is 11.7. The van der Waals surface area contributed by atoms with E-state index >= 15 is 0 Å². The average Bonchev–Trinajstić information content (AvgIpc) is 2.25. The van der Waals surface area contributed by atoms with Crippen molar-refractivity contribution in [3.63, 3.8) is 0 Å². The number of nitrogens with two attached hydrogens (primary N) is 1. The smallest absolute Gasteiger partial charge is 0.146 e. The molecule has 0 bridgehead atoms. The molecule has 0 saturated carbocycles. The molecule has 0 unspecified atom stereocenters. The fourth-order valence-corrected chi connectivity index (χ4v) is 2.21. The van der Waals surface area contributed by atoms with Gasteiger partial charge in [-0.1, -0.05) is 0 Å². The first-order chi connectivity index (χ1) is 7.58. The zero-order valence-electron chi connectivity index (χ0n) is 9.34. The fraction of sp³-hybridized carbons (Fsp3) is 0.500. The van der Waals surface area contributed by atoms with Gasteiger partial charge < -0.3 is 10.6 Å². The molecule has 1 aliphatic heterocycles. The molecule has 0 atom stereocenters. The summed E-state index contributed by atoms with van der Waals surface area (Å²) in [7, 11) is 2.04. The Balaban J connectivity index is 2.23. The van der Waals surface area contributed by atoms with Crippen molar-refractivity contribution in [2.75, 3.05) is 25.9 Å². The molecule has 0 aromatic heterocycles. The third-order valence-corrected chi connectivity index (χ3v) is 3.27. The van der Waals surface area contributed by atoms with Crippen molar-refractivity contribution in [2.45, 2.75) is 18.8 Å². The predicted molar refractivity (Wildman–Crippen MR) is 60.2 cm³/mol. The molecule has 1 aromatic carbocycles. The molecule has 1 aromatic rings. The highest BCUT2D eigenvalue weighted by molar-refractivity contribution is 5.43. The zero-order valence-corrected chi connectivity index (χ0v) is 9.34. The summed E-state index contributed by atoms with van der Waals surface area (Å²) in [4.78, 5) is 2.20. The molecule has 1 saturated heterocycles. The van der Waals surface area contributed by atoms with Crippen LogP contribution in [0.1, 0.15) is 24.3 Å². The maximum absolute atomic E-state index is 13.7. The monoisotopic (exact) mass is 226 g/mol. The van der Waals surface area contributed by atoms with E-state index in [4.69, 9.17) is 5.73 Å². The van der Waals surface area contributed by atoms with E-state index in [2.05, 4.69) is 4.90 Å². The Morgan fingerprint density at radius 1 is 1.19 bits per heavy atom. The van der Waals surface area contributed by atoms with E-state index in [-0.39, 0.29) is 17.4 Å². The number of likely N-dealkylation sites (tertiary alicyclic amines) is 1. The molecule has 0 spiro atoms. The second-order valence-corrected chi connectivity index (χ2v) is 4.47. The van der Waals surface area contributed by atoms with Gasteiger partial charge in [-0.25, -0.2) is 8.78 Å². The van der Waals surface area contributed by atoms with Crippen LogP contribution in [0.15, 0.2) is 12.1 Å². The minimum Gasteiger partial charge on any atom is -0.396 e. The van der Waals surface area contributed by atoms with Gasteiger partial charge in [-0.3, -0.25) is 0 Å². The van der Waals surface area contributed by atoms with Gasteiger partial charge in [0.05, 0.1) is 5.69 Å². The Bertz CT molecular complexity index is 385. The molecule has 16 heavy (non-hydrogen) atoms. The van der Waals surface area contributed by atoms with Crippen LogP contribution in [0.5, 0.6) is 0 Å². The van der Waals surface area contributed by atoms with E-state index in [0.717, 1.165) is 32.0 Å². The van der Waals surface area contributed by atoms with E-state index in [1.54, 1.807) is 0 Å². The quantitative estimate of drug-likeness (QED) is 0.745. The Morgan fingerprint density at radius 3 is 2.44 bits per heavy atom. The van der Waals surface area contributed by atoms with E-state index in [9.17, 15) is 8.78 Å². The maximum atomic E-state index is 13.7. The first kappa shape index (κ1) is 11.3. The Kier molecular flexibility index (Phi) is 3.10. The first-order valence-corrected chi connectivity index (χ1v) is 5.51. The van der Waals surface area contributed by atoms with Crippen molar-refractivity contribution < 1.29 is 8.78 Å². The first-order valence-electron chi connectivity index (χ1n) is 5.51. The molecular formula is C12H16F2N2. The summed E-state index contributed by atoms with van der Waals surface area (Å²) >= 11 is 0. The lowest BCUT2D eigenvalue weighted by atomic mass is 9.89. The van der Waals surface area contributed by atoms with Crippen LogP contribution in [0.3, 0.4) is 0 Å². The van der Waals surface area contributed by atoms with Crippen LogP contribution in [0, 0.1) is 11.6 Å². The van der Waals surface area contributed by atoms with Crippen molar-refractivity contribution in [3.8, 4) is 0 Å². The molecule has 0 aliphatic carbocycles. The summed E-state index contributed by atoms with van der Waals surface area (Å²) < 4.78 is 26.9. The van der Waals surface area contributed by atoms with Crippen LogP contribution >= 0.6 is 0 Å². The van der Waals surface area contributed by atoms with Crippen molar-refractivity contribution >= 4 is 5.69 Å². The predicted octanol–water partition coefficient (Wildman–Crippen LogP) is 2.36. The van der Waals surface area contributed by atoms with Crippen molar-refractivity contribution in [2.24, 2.45) is 0 Å². The third-order valence-electron chi connectivity index (χ3n) is 3.27. The normalized spacial score (nSPS) is 18.9. The van der Waals surface area contributed by atoms with Gasteiger partial charge in [0.15, 0.2) is 0 Å². The third kappa shape index (κ3) is 2.16. The Hall–Kier alpha value is -1.16. The van der Waals surface area contributed by atoms with Crippen LogP contribution in [0.2, 0.25) is 0 Å². The Morgan fingerprint density at radius 2 is 1.81 bits per heavy atom. The number of piperidine rings is 1. The number of benzene rings is 1. The van der Waals surface area contributed by atoms with Crippen LogP contribution in [0.25, 0.3) is 0 Å². The fourth-order valence-electron chi connectivity index (χ4n) is 2.21. The highest BCUT2D eigenvalue weighted by Crippen LogP contribution is 2.31. The van der Waals surface area contributed by atoms with Crippen LogP contribution in [-0.4, -0.2) is 25.0 Å². The Labute approximate surface area is 94.0 Å². The molecular weight excluding hydrogens is 210 g/mol. The number of hydrogen-bond acceptors (Lipinski definition) is 2. The lowest BCUT2D eigenvalue weighted by molar-refractivity contribution is 0.253. The second-order valence-electron chi connectivity index (χ2n) is 4.47. The van der Waals surface area contributed by atoms with Gasteiger partial charge in [0.1, 0.15) is 11.6 Å². The number of hydrogen-bond donors (Lipinski definition) is 1. The van der Waals surface area contributed by atoms with E-state index < -0.39 is 5.82 Å². The standard InChI is InChI=1S/C12H16F2N2/c1-16-4-2-8(3-5-16)9-6-11(14)12(15)7-10(9)13/h6-8H,2-5,15H2,1H3. The molecule has 0 amide bonds. The number of nitrogen functional groups attached to an aromatic ring is 1. The molecule has 1 aliphatic rings. The summed E-state index contributed by atoms with van der Waals surface area (Å²) in [6.45, 7) is 1.85. The number of nitrogens with zero attached hydrogens (tertiary/aromatic N) is 1. The number of rotatable bonds is 1. The minimum atomic E-state index is -0.518. The molecule has 1 fully saturated rings. The SMILES string of the molecule is CN1CCC(c2cc(F)c(N)cc2F)CC1.